The fraction of sp³-hybridized carbons (Fsp3) is 0.300. The first-order valence-electron chi connectivity index (χ1n) is 4.16. The lowest BCUT2D eigenvalue weighted by Gasteiger charge is -2.08. The second-order valence-electron chi connectivity index (χ2n) is 2.99. The van der Waals surface area contributed by atoms with Gasteiger partial charge in [-0.05, 0) is 30.2 Å². The zero-order chi connectivity index (χ0) is 10.7. The third-order valence-corrected chi connectivity index (χ3v) is 2.12. The summed E-state index contributed by atoms with van der Waals surface area (Å²) in [5.41, 5.74) is 6.93. The maximum atomic E-state index is 13.1. The summed E-state index contributed by atoms with van der Waals surface area (Å²) in [6.45, 7) is 1.59. The first kappa shape index (κ1) is 10.5. The molecule has 0 aromatic heterocycles. The van der Waals surface area contributed by atoms with Gasteiger partial charge in [0.25, 0.3) is 0 Å². The number of nitrogen functional groups attached to an aromatic ring is 1. The molecule has 0 aliphatic carbocycles. The molecule has 3 nitrogen and oxygen atoms in total. The van der Waals surface area contributed by atoms with Gasteiger partial charge in [0.2, 0.25) is 0 Å². The molecule has 0 aliphatic heterocycles. The van der Waals surface area contributed by atoms with Gasteiger partial charge in [-0.15, -0.1) is 0 Å². The Morgan fingerprint density at radius 1 is 1.57 bits per heavy atom. The van der Waals surface area contributed by atoms with Crippen LogP contribution in [0.1, 0.15) is 11.1 Å². The van der Waals surface area contributed by atoms with E-state index in [1.165, 1.54) is 19.2 Å². The number of esters is 1. The van der Waals surface area contributed by atoms with Crippen molar-refractivity contribution >= 4 is 11.7 Å². The van der Waals surface area contributed by atoms with E-state index in [0.717, 1.165) is 0 Å². The smallest absolute Gasteiger partial charge is 0.310 e. The minimum atomic E-state index is -0.426. The Morgan fingerprint density at radius 3 is 2.79 bits per heavy atom. The van der Waals surface area contributed by atoms with Crippen LogP contribution >= 0.6 is 0 Å². The van der Waals surface area contributed by atoms with Crippen LogP contribution < -0.4 is 5.73 Å². The zero-order valence-corrected chi connectivity index (χ0v) is 8.13. The van der Waals surface area contributed by atoms with Crippen LogP contribution in [0.2, 0.25) is 0 Å². The van der Waals surface area contributed by atoms with Crippen molar-refractivity contribution in [1.82, 2.24) is 0 Å². The van der Waals surface area contributed by atoms with Crippen LogP contribution in [0, 0.1) is 12.7 Å². The molecule has 1 aromatic rings. The molecule has 1 aromatic carbocycles. The van der Waals surface area contributed by atoms with Crippen LogP contribution in [0.3, 0.4) is 0 Å². The summed E-state index contributed by atoms with van der Waals surface area (Å²) in [5.74, 6) is -0.788. The minimum Gasteiger partial charge on any atom is -0.469 e. The monoisotopic (exact) mass is 197 g/mol. The molecule has 0 unspecified atom stereocenters. The molecule has 0 saturated heterocycles. The van der Waals surface area contributed by atoms with Crippen LogP contribution in [-0.2, 0) is 16.0 Å². The number of ether oxygens (including phenoxy) is 1. The molecular formula is C10H12FNO2. The Balaban J connectivity index is 3.06. The minimum absolute atomic E-state index is 0.00588. The normalized spacial score (nSPS) is 9.93. The second kappa shape index (κ2) is 4.09. The van der Waals surface area contributed by atoms with Crippen LogP contribution in [0.25, 0.3) is 0 Å². The highest BCUT2D eigenvalue weighted by Crippen LogP contribution is 2.20. The molecule has 0 radical (unpaired) electrons. The number of benzene rings is 1. The van der Waals surface area contributed by atoms with Crippen LogP contribution in [0.15, 0.2) is 12.1 Å². The number of anilines is 1. The molecule has 0 saturated carbocycles. The summed E-state index contributed by atoms with van der Waals surface area (Å²) in [5, 5.41) is 0. The van der Waals surface area contributed by atoms with E-state index in [1.54, 1.807) is 6.92 Å². The number of rotatable bonds is 2. The summed E-state index contributed by atoms with van der Waals surface area (Å²) in [6.07, 6.45) is 0.00588. The molecule has 0 heterocycles. The number of hydrogen-bond acceptors (Lipinski definition) is 3. The van der Waals surface area contributed by atoms with Gasteiger partial charge in [0, 0.05) is 5.69 Å². The maximum absolute atomic E-state index is 13.1. The quantitative estimate of drug-likeness (QED) is 0.576. The Kier molecular flexibility index (Phi) is 3.06. The molecule has 76 valence electrons. The number of methoxy groups -OCH3 is 1. The highest BCUT2D eigenvalue weighted by atomic mass is 19.1. The standard InChI is InChI=1S/C10H12FNO2/c1-6-7(5-10(13)14-2)9(12)4-3-8(6)11/h3-4H,5,12H2,1-2H3. The SMILES string of the molecule is COC(=O)Cc1c(N)ccc(F)c1C. The maximum Gasteiger partial charge on any atom is 0.310 e. The predicted octanol–water partition coefficient (Wildman–Crippen LogP) is 1.43. The Labute approximate surface area is 81.7 Å². The average molecular weight is 197 g/mol. The van der Waals surface area contributed by atoms with Crippen molar-refractivity contribution in [3.63, 3.8) is 0 Å². The molecular weight excluding hydrogens is 185 g/mol. The molecule has 1 rings (SSSR count). The third kappa shape index (κ3) is 2.02. The highest BCUT2D eigenvalue weighted by molar-refractivity contribution is 5.75. The number of carbonyl (C=O) groups excluding carboxylic acids is 1. The van der Waals surface area contributed by atoms with Crippen molar-refractivity contribution in [2.24, 2.45) is 0 Å². The number of halogens is 1. The summed E-state index contributed by atoms with van der Waals surface area (Å²) in [4.78, 5) is 11.0. The predicted molar refractivity (Wildman–Crippen MR) is 51.3 cm³/mol. The van der Waals surface area contributed by atoms with Gasteiger partial charge in [0.05, 0.1) is 13.5 Å². The van der Waals surface area contributed by atoms with Crippen molar-refractivity contribution in [1.29, 1.82) is 0 Å². The highest BCUT2D eigenvalue weighted by Gasteiger charge is 2.12. The van der Waals surface area contributed by atoms with E-state index in [1.807, 2.05) is 0 Å². The van der Waals surface area contributed by atoms with Crippen molar-refractivity contribution in [2.45, 2.75) is 13.3 Å². The van der Waals surface area contributed by atoms with E-state index < -0.39 is 5.97 Å². The Bertz CT molecular complexity index is 363. The van der Waals surface area contributed by atoms with Crippen LogP contribution in [0.5, 0.6) is 0 Å². The molecule has 0 aliphatic rings. The topological polar surface area (TPSA) is 52.3 Å². The first-order valence-corrected chi connectivity index (χ1v) is 4.16. The van der Waals surface area contributed by atoms with Crippen molar-refractivity contribution in [2.75, 3.05) is 12.8 Å². The number of hydrogen-bond donors (Lipinski definition) is 1. The molecule has 4 heteroatoms. The summed E-state index contributed by atoms with van der Waals surface area (Å²) in [6, 6.07) is 2.73. The van der Waals surface area contributed by atoms with Gasteiger partial charge < -0.3 is 10.5 Å². The van der Waals surface area contributed by atoms with E-state index in [4.69, 9.17) is 5.73 Å². The lowest BCUT2D eigenvalue weighted by atomic mass is 10.0. The average Bonchev–Trinajstić information content (AvgIpc) is 2.18. The van der Waals surface area contributed by atoms with E-state index >= 15 is 0 Å². The molecule has 0 amide bonds. The van der Waals surface area contributed by atoms with Crippen molar-refractivity contribution in [3.8, 4) is 0 Å². The van der Waals surface area contributed by atoms with Gasteiger partial charge in [-0.1, -0.05) is 0 Å². The van der Waals surface area contributed by atoms with Gasteiger partial charge in [0.15, 0.2) is 0 Å². The van der Waals surface area contributed by atoms with Gasteiger partial charge in [-0.2, -0.15) is 0 Å². The van der Waals surface area contributed by atoms with E-state index in [0.29, 0.717) is 16.8 Å². The Morgan fingerprint density at radius 2 is 2.21 bits per heavy atom. The van der Waals surface area contributed by atoms with Crippen molar-refractivity contribution in [3.05, 3.63) is 29.1 Å². The van der Waals surface area contributed by atoms with Gasteiger partial charge in [-0.25, -0.2) is 4.39 Å². The largest absolute Gasteiger partial charge is 0.469 e. The van der Waals surface area contributed by atoms with Crippen LogP contribution in [0.4, 0.5) is 10.1 Å². The lowest BCUT2D eigenvalue weighted by Crippen LogP contribution is -2.09. The van der Waals surface area contributed by atoms with Gasteiger partial charge >= 0.3 is 5.97 Å². The van der Waals surface area contributed by atoms with Crippen molar-refractivity contribution < 1.29 is 13.9 Å². The van der Waals surface area contributed by atoms with Crippen LogP contribution in [-0.4, -0.2) is 13.1 Å². The van der Waals surface area contributed by atoms with Gasteiger partial charge in [0.1, 0.15) is 5.82 Å². The molecule has 0 bridgehead atoms. The molecule has 14 heavy (non-hydrogen) atoms. The first-order chi connectivity index (χ1) is 6.56. The lowest BCUT2D eigenvalue weighted by molar-refractivity contribution is -0.139. The number of carbonyl (C=O) groups is 1. The fourth-order valence-electron chi connectivity index (χ4n) is 1.20. The molecule has 2 N–H and O–H groups in total. The molecule has 0 fully saturated rings. The van der Waals surface area contributed by atoms with E-state index in [2.05, 4.69) is 4.74 Å². The molecule has 0 atom stereocenters. The third-order valence-electron chi connectivity index (χ3n) is 2.12. The van der Waals surface area contributed by atoms with Gasteiger partial charge in [-0.3, -0.25) is 4.79 Å². The Hall–Kier alpha value is -1.58. The summed E-state index contributed by atoms with van der Waals surface area (Å²) in [7, 11) is 1.28. The van der Waals surface area contributed by atoms with E-state index in [-0.39, 0.29) is 12.2 Å². The van der Waals surface area contributed by atoms with E-state index in [9.17, 15) is 9.18 Å². The summed E-state index contributed by atoms with van der Waals surface area (Å²) >= 11 is 0. The second-order valence-corrected chi connectivity index (χ2v) is 2.99. The zero-order valence-electron chi connectivity index (χ0n) is 8.13. The molecule has 0 spiro atoms. The fourth-order valence-corrected chi connectivity index (χ4v) is 1.20. The summed E-state index contributed by atoms with van der Waals surface area (Å²) < 4.78 is 17.6. The number of nitrogens with two attached hydrogens (primary N) is 1.